The van der Waals surface area contributed by atoms with Crippen LogP contribution in [0.4, 0.5) is 11.4 Å². The monoisotopic (exact) mass is 1540 g/mol. The first-order valence-electron chi connectivity index (χ1n) is 38.8. The molecule has 4 heterocycles. The zero-order valence-corrected chi connectivity index (χ0v) is 64.2. The first-order valence-corrected chi connectivity index (χ1v) is 38.8. The van der Waals surface area contributed by atoms with Crippen LogP contribution in [0.15, 0.2) is 158 Å². The summed E-state index contributed by atoms with van der Waals surface area (Å²) < 4.78 is 18.4. The number of fused-ring (bicyclic) bond motifs is 4. The fourth-order valence-corrected chi connectivity index (χ4v) is 13.6. The number of carbonyl (C=O) groups is 10. The van der Waals surface area contributed by atoms with Gasteiger partial charge in [-0.15, -0.1) is 0 Å². The molecule has 10 rings (SSSR count). The highest BCUT2D eigenvalue weighted by Gasteiger charge is 2.30. The summed E-state index contributed by atoms with van der Waals surface area (Å²) in [5.41, 5.74) is 7.74. The number of hydrogen-bond acceptors (Lipinski definition) is 13. The summed E-state index contributed by atoms with van der Waals surface area (Å²) >= 11 is 0. The molecular formula is C86H102N12O15. The Morgan fingerprint density at radius 2 is 0.743 bits per heavy atom. The van der Waals surface area contributed by atoms with E-state index in [0.717, 1.165) is 104 Å². The van der Waals surface area contributed by atoms with Crippen molar-refractivity contribution in [2.75, 3.05) is 50.2 Å². The summed E-state index contributed by atoms with van der Waals surface area (Å²) in [5.74, 6) is -6.23. The molecule has 27 heteroatoms. The molecule has 14 N–H and O–H groups in total. The standard InChI is InChI=1S/C86H102N12O15/c1-53(2)43-73(85(107)108)97-81(103)55-27-29-69(75(47-55)112-40-35-57-49-89-65-23-13-9-19-61(57)65)95-83(105)71(45-59-51-91-67-25-15-11-21-63(59)67)93-79(101)33-31-77(99)87-37-17-7-5-6-8-18-39-111-42-38-88-78(100)32-34-80(102)94-72(46-60-52-92-68-26-16-12-22-64(60)68)84(106)96-70-30-28-56(82(104)98-74(86(109)110)44-54(3)4)48-76(70)113-41-36-58-50-90-66-24-14-10-20-62(58)66/h9-16,19-30,47-54,71-74,89-92H,5-8,17-18,31-46H2,1-4H3,(H,87,99)(H,88,100)(H,93,101)(H,94,102)(H,95,105)(H,96,106)(H,97,103)(H,98,104)(H,107,108)(H,109,110)/t71-,72-,73-,74-/m0/s1. The van der Waals surface area contributed by atoms with Crippen molar-refractivity contribution in [3.05, 3.63) is 192 Å². The molecule has 4 atom stereocenters. The van der Waals surface area contributed by atoms with Crippen LogP contribution < -0.4 is 52.0 Å². The van der Waals surface area contributed by atoms with Crippen molar-refractivity contribution in [2.24, 2.45) is 11.8 Å². The Kier molecular flexibility index (Phi) is 30.7. The van der Waals surface area contributed by atoms with Gasteiger partial charge in [-0.05, 0) is 120 Å². The molecule has 0 aliphatic rings. The minimum atomic E-state index is -1.17. The number of carbonyl (C=O) groups excluding carboxylic acids is 8. The molecular weight excluding hydrogens is 1440 g/mol. The van der Waals surface area contributed by atoms with E-state index in [9.17, 15) is 58.2 Å². The molecule has 10 aromatic rings. The average Bonchev–Trinajstić information content (AvgIpc) is 1.82. The van der Waals surface area contributed by atoms with E-state index in [1.807, 2.05) is 137 Å². The summed E-state index contributed by atoms with van der Waals surface area (Å²) in [6.07, 6.45) is 13.4. The number of para-hydroxylation sites is 4. The fourth-order valence-electron chi connectivity index (χ4n) is 13.6. The van der Waals surface area contributed by atoms with E-state index < -0.39 is 71.5 Å². The number of anilines is 2. The summed E-state index contributed by atoms with van der Waals surface area (Å²) in [7, 11) is 0. The van der Waals surface area contributed by atoms with E-state index >= 15 is 0 Å². The van der Waals surface area contributed by atoms with Gasteiger partial charge in [0.2, 0.25) is 35.4 Å². The Bertz CT molecular complexity index is 4630. The molecule has 0 fully saturated rings. The molecule has 0 saturated heterocycles. The van der Waals surface area contributed by atoms with Crippen LogP contribution in [-0.2, 0) is 68.8 Å². The van der Waals surface area contributed by atoms with E-state index in [4.69, 9.17) is 14.2 Å². The quantitative estimate of drug-likeness (QED) is 0.0158. The van der Waals surface area contributed by atoms with Gasteiger partial charge in [0.25, 0.3) is 11.8 Å². The lowest BCUT2D eigenvalue weighted by molar-refractivity contribution is -0.140. The predicted molar refractivity (Wildman–Crippen MR) is 433 cm³/mol. The normalized spacial score (nSPS) is 12.4. The third-order valence-corrected chi connectivity index (χ3v) is 19.5. The third kappa shape index (κ3) is 24.9. The van der Waals surface area contributed by atoms with Gasteiger partial charge in [0.05, 0.1) is 31.2 Å². The van der Waals surface area contributed by atoms with Gasteiger partial charge in [0, 0.05) is 151 Å². The Morgan fingerprint density at radius 1 is 0.381 bits per heavy atom. The first kappa shape index (κ1) is 83.2. The van der Waals surface area contributed by atoms with Crippen LogP contribution in [0.3, 0.4) is 0 Å². The number of amides is 8. The highest BCUT2D eigenvalue weighted by atomic mass is 16.5. The number of carboxylic acid groups (broad SMARTS) is 2. The zero-order valence-electron chi connectivity index (χ0n) is 64.2. The summed E-state index contributed by atoms with van der Waals surface area (Å²) in [4.78, 5) is 147. The highest BCUT2D eigenvalue weighted by Crippen LogP contribution is 2.31. The van der Waals surface area contributed by atoms with Gasteiger partial charge < -0.3 is 86.9 Å². The minimum absolute atomic E-state index is 0.00983. The highest BCUT2D eigenvalue weighted by molar-refractivity contribution is 6.03. The van der Waals surface area contributed by atoms with E-state index in [1.165, 1.54) is 36.4 Å². The van der Waals surface area contributed by atoms with Crippen molar-refractivity contribution in [1.82, 2.24) is 51.8 Å². The molecule has 0 spiro atoms. The van der Waals surface area contributed by atoms with Crippen LogP contribution in [0.5, 0.6) is 11.5 Å². The topological polar surface area (TPSA) is 398 Å². The van der Waals surface area contributed by atoms with Gasteiger partial charge in [-0.25, -0.2) is 9.59 Å². The number of hydrogen-bond donors (Lipinski definition) is 14. The van der Waals surface area contributed by atoms with E-state index in [-0.39, 0.29) is 135 Å². The molecule has 0 saturated carbocycles. The number of nitrogens with one attached hydrogen (secondary N) is 12. The maximum Gasteiger partial charge on any atom is 0.326 e. The van der Waals surface area contributed by atoms with E-state index in [0.29, 0.717) is 26.0 Å². The van der Waals surface area contributed by atoms with Crippen LogP contribution in [0.25, 0.3) is 43.6 Å². The minimum Gasteiger partial charge on any atom is -0.491 e. The zero-order chi connectivity index (χ0) is 80.2. The number of aliphatic carboxylic acids is 2. The second-order valence-corrected chi connectivity index (χ2v) is 29.1. The lowest BCUT2D eigenvalue weighted by Crippen LogP contribution is -2.45. The number of H-pyrrole nitrogens is 4. The van der Waals surface area contributed by atoms with E-state index in [1.54, 1.807) is 12.4 Å². The number of benzene rings is 6. The predicted octanol–water partition coefficient (Wildman–Crippen LogP) is 11.5. The molecule has 8 amide bonds. The summed E-state index contributed by atoms with van der Waals surface area (Å²) in [6.45, 7) is 9.13. The average molecular weight is 1540 g/mol. The smallest absolute Gasteiger partial charge is 0.326 e. The van der Waals surface area contributed by atoms with Crippen molar-refractivity contribution in [1.29, 1.82) is 0 Å². The number of aromatic nitrogens is 4. The Hall–Kier alpha value is -12.3. The van der Waals surface area contributed by atoms with Crippen molar-refractivity contribution in [2.45, 2.75) is 155 Å². The van der Waals surface area contributed by atoms with Gasteiger partial charge in [0.15, 0.2) is 0 Å². The molecule has 0 bridgehead atoms. The molecule has 113 heavy (non-hydrogen) atoms. The molecule has 6 aromatic carbocycles. The maximum atomic E-state index is 14.5. The largest absolute Gasteiger partial charge is 0.491 e. The summed E-state index contributed by atoms with van der Waals surface area (Å²) in [6, 6.07) is 35.1. The Morgan fingerprint density at radius 3 is 1.15 bits per heavy atom. The number of aromatic amines is 4. The molecule has 4 aromatic heterocycles. The molecule has 596 valence electrons. The summed E-state index contributed by atoms with van der Waals surface area (Å²) in [5, 5.41) is 46.0. The lowest BCUT2D eigenvalue weighted by atomic mass is 10.0. The van der Waals surface area contributed by atoms with Gasteiger partial charge in [-0.1, -0.05) is 126 Å². The third-order valence-electron chi connectivity index (χ3n) is 19.5. The van der Waals surface area contributed by atoms with Crippen LogP contribution in [0.1, 0.15) is 148 Å². The van der Waals surface area contributed by atoms with Gasteiger partial charge in [-0.2, -0.15) is 0 Å². The van der Waals surface area contributed by atoms with Gasteiger partial charge in [0.1, 0.15) is 35.7 Å². The van der Waals surface area contributed by atoms with Crippen molar-refractivity contribution in [3.8, 4) is 11.5 Å². The second-order valence-electron chi connectivity index (χ2n) is 29.1. The SMILES string of the molecule is CC(C)C[C@H](NC(=O)c1ccc(NC(=O)[C@H](Cc2c[nH]c3ccccc23)NC(=O)CCC(=O)NCCCCCCCCOCCNC(=O)CCC(=O)N[C@@H](Cc2c[nH]c3ccccc23)C(=O)Nc2ccc(C(=O)N[C@@H](CC(C)C)C(=O)O)cc2OCCc2c[nH]c3ccccc23)c(OCCc2c[nH]c3ccccc23)c1)C(=O)O. The second kappa shape index (κ2) is 41.7. The Balaban J connectivity index is 0.633. The van der Waals surface area contributed by atoms with Crippen molar-refractivity contribution >= 4 is 114 Å². The molecule has 0 radical (unpaired) electrons. The number of unbranched alkanes of at least 4 members (excludes halogenated alkanes) is 5. The molecule has 0 aliphatic heterocycles. The van der Waals surface area contributed by atoms with Gasteiger partial charge >= 0.3 is 11.9 Å². The maximum absolute atomic E-state index is 14.5. The van der Waals surface area contributed by atoms with Crippen LogP contribution >= 0.6 is 0 Å². The van der Waals surface area contributed by atoms with Crippen LogP contribution in [0.2, 0.25) is 0 Å². The van der Waals surface area contributed by atoms with Crippen LogP contribution in [-0.4, -0.2) is 153 Å². The Labute approximate surface area is 655 Å². The molecule has 0 unspecified atom stereocenters. The van der Waals surface area contributed by atoms with Crippen molar-refractivity contribution < 1.29 is 72.4 Å². The number of carboxylic acids is 2. The number of ether oxygens (including phenoxy) is 3. The molecule has 27 nitrogen and oxygen atoms in total. The fraction of sp³-hybridized carbons (Fsp3) is 0.372. The number of rotatable bonds is 46. The first-order chi connectivity index (χ1) is 54.6. The van der Waals surface area contributed by atoms with E-state index in [2.05, 4.69) is 62.5 Å². The van der Waals surface area contributed by atoms with Crippen molar-refractivity contribution in [3.63, 3.8) is 0 Å². The lowest BCUT2D eigenvalue weighted by Gasteiger charge is -2.21. The van der Waals surface area contributed by atoms with Crippen LogP contribution in [0, 0.1) is 11.8 Å². The molecule has 0 aliphatic carbocycles. The van der Waals surface area contributed by atoms with Gasteiger partial charge in [-0.3, -0.25) is 38.4 Å².